The zero-order chi connectivity index (χ0) is 13.1. The fraction of sp³-hybridized carbons (Fsp3) is 0.400. The number of carboxylic acid groups (broad SMARTS) is 1. The molecule has 0 radical (unpaired) electrons. The van der Waals surface area contributed by atoms with Crippen LogP contribution in [0.5, 0.6) is 0 Å². The summed E-state index contributed by atoms with van der Waals surface area (Å²) in [6, 6.07) is 2.44. The Balaban J connectivity index is 2.75. The number of rotatable bonds is 4. The van der Waals surface area contributed by atoms with Crippen LogP contribution >= 0.6 is 0 Å². The highest BCUT2D eigenvalue weighted by Gasteiger charge is 2.24. The van der Waals surface area contributed by atoms with E-state index < -0.39 is 23.0 Å². The Hall–Kier alpha value is -2.18. The van der Waals surface area contributed by atoms with Crippen LogP contribution in [0.4, 0.5) is 0 Å². The van der Waals surface area contributed by atoms with Crippen molar-refractivity contribution < 1.29 is 14.7 Å². The number of aliphatic carboxylic acids is 1. The van der Waals surface area contributed by atoms with Crippen LogP contribution in [0, 0.1) is 0 Å². The van der Waals surface area contributed by atoms with Crippen molar-refractivity contribution in [2.75, 3.05) is 0 Å². The highest BCUT2D eigenvalue weighted by atomic mass is 16.4. The summed E-state index contributed by atoms with van der Waals surface area (Å²) in [5.41, 5.74) is -1.27. The van der Waals surface area contributed by atoms with E-state index in [0.717, 1.165) is 0 Å². The molecular formula is C10H13N3O4. The zero-order valence-corrected chi connectivity index (χ0v) is 9.48. The summed E-state index contributed by atoms with van der Waals surface area (Å²) >= 11 is 0. The third-order valence-electron chi connectivity index (χ3n) is 1.96. The average Bonchev–Trinajstić information content (AvgIpc) is 2.15. The molecule has 92 valence electrons. The monoisotopic (exact) mass is 239 g/mol. The molecule has 0 atom stereocenters. The van der Waals surface area contributed by atoms with Crippen LogP contribution in [0.25, 0.3) is 0 Å². The zero-order valence-electron chi connectivity index (χ0n) is 9.48. The number of hydrogen-bond donors (Lipinski definition) is 3. The Bertz CT molecular complexity index is 472. The molecule has 1 rings (SSSR count). The van der Waals surface area contributed by atoms with Crippen LogP contribution in [-0.2, 0) is 4.79 Å². The Morgan fingerprint density at radius 3 is 2.59 bits per heavy atom. The van der Waals surface area contributed by atoms with E-state index in [4.69, 9.17) is 5.11 Å². The maximum atomic E-state index is 11.7. The molecule has 1 heterocycles. The predicted molar refractivity (Wildman–Crippen MR) is 58.7 cm³/mol. The van der Waals surface area contributed by atoms with E-state index >= 15 is 0 Å². The van der Waals surface area contributed by atoms with Crippen molar-refractivity contribution >= 4 is 11.9 Å². The Labute approximate surface area is 96.9 Å². The van der Waals surface area contributed by atoms with Gasteiger partial charge in [-0.25, -0.2) is 5.10 Å². The van der Waals surface area contributed by atoms with E-state index in [1.54, 1.807) is 13.8 Å². The number of H-pyrrole nitrogens is 1. The van der Waals surface area contributed by atoms with E-state index in [-0.39, 0.29) is 12.1 Å². The van der Waals surface area contributed by atoms with Gasteiger partial charge in [0.05, 0.1) is 6.42 Å². The maximum absolute atomic E-state index is 11.7. The highest BCUT2D eigenvalue weighted by Crippen LogP contribution is 2.08. The Kier molecular flexibility index (Phi) is 3.62. The minimum Gasteiger partial charge on any atom is -0.481 e. The molecule has 1 aromatic rings. The molecule has 0 saturated heterocycles. The largest absolute Gasteiger partial charge is 0.481 e. The lowest BCUT2D eigenvalue weighted by Gasteiger charge is -2.23. The van der Waals surface area contributed by atoms with Crippen molar-refractivity contribution in [3.05, 3.63) is 28.2 Å². The number of hydrogen-bond acceptors (Lipinski definition) is 4. The first-order chi connectivity index (χ1) is 7.80. The van der Waals surface area contributed by atoms with Crippen molar-refractivity contribution in [2.24, 2.45) is 0 Å². The quantitative estimate of drug-likeness (QED) is 0.670. The molecule has 3 N–H and O–H groups in total. The lowest BCUT2D eigenvalue weighted by Crippen LogP contribution is -2.45. The lowest BCUT2D eigenvalue weighted by molar-refractivity contribution is -0.138. The molecule has 0 aliphatic rings. The lowest BCUT2D eigenvalue weighted by atomic mass is 10.0. The van der Waals surface area contributed by atoms with Crippen LogP contribution in [0.1, 0.15) is 30.8 Å². The molecule has 7 nitrogen and oxygen atoms in total. The minimum absolute atomic E-state index is 0.0306. The summed E-state index contributed by atoms with van der Waals surface area (Å²) in [5.74, 6) is -1.54. The summed E-state index contributed by atoms with van der Waals surface area (Å²) in [6.07, 6.45) is -0.206. The smallest absolute Gasteiger partial charge is 0.305 e. The van der Waals surface area contributed by atoms with Gasteiger partial charge in [0.15, 0.2) is 0 Å². The molecule has 0 aliphatic heterocycles. The molecule has 17 heavy (non-hydrogen) atoms. The normalized spacial score (nSPS) is 10.9. The van der Waals surface area contributed by atoms with Gasteiger partial charge in [-0.3, -0.25) is 14.4 Å². The molecule has 0 unspecified atom stereocenters. The van der Waals surface area contributed by atoms with Crippen molar-refractivity contribution in [1.29, 1.82) is 0 Å². The van der Waals surface area contributed by atoms with Gasteiger partial charge in [-0.15, -0.1) is 0 Å². The van der Waals surface area contributed by atoms with Crippen molar-refractivity contribution in [2.45, 2.75) is 25.8 Å². The third-order valence-corrected chi connectivity index (χ3v) is 1.96. The predicted octanol–water partition coefficient (Wildman–Crippen LogP) is -0.247. The molecule has 0 spiro atoms. The third kappa shape index (κ3) is 4.06. The summed E-state index contributed by atoms with van der Waals surface area (Å²) in [6.45, 7) is 3.18. The van der Waals surface area contributed by atoms with Crippen LogP contribution in [-0.4, -0.2) is 32.7 Å². The van der Waals surface area contributed by atoms with E-state index in [1.165, 1.54) is 12.1 Å². The number of aromatic nitrogens is 2. The van der Waals surface area contributed by atoms with Crippen molar-refractivity contribution in [3.63, 3.8) is 0 Å². The van der Waals surface area contributed by atoms with Crippen LogP contribution < -0.4 is 10.9 Å². The maximum Gasteiger partial charge on any atom is 0.305 e. The van der Waals surface area contributed by atoms with Gasteiger partial charge in [0, 0.05) is 11.6 Å². The highest BCUT2D eigenvalue weighted by molar-refractivity contribution is 5.92. The summed E-state index contributed by atoms with van der Waals surface area (Å²) < 4.78 is 0. The number of carboxylic acids is 1. The number of carbonyl (C=O) groups excluding carboxylic acids is 1. The summed E-state index contributed by atoms with van der Waals surface area (Å²) in [7, 11) is 0. The van der Waals surface area contributed by atoms with Crippen LogP contribution in [0.2, 0.25) is 0 Å². The number of aromatic amines is 1. The van der Waals surface area contributed by atoms with Gasteiger partial charge in [0.2, 0.25) is 0 Å². The molecule has 1 aromatic heterocycles. The van der Waals surface area contributed by atoms with Gasteiger partial charge < -0.3 is 10.4 Å². The summed E-state index contributed by atoms with van der Waals surface area (Å²) in [5, 5.41) is 16.8. The fourth-order valence-electron chi connectivity index (χ4n) is 1.26. The van der Waals surface area contributed by atoms with Crippen molar-refractivity contribution in [1.82, 2.24) is 15.5 Å². The van der Waals surface area contributed by atoms with Crippen LogP contribution in [0.15, 0.2) is 16.9 Å². The molecule has 0 aliphatic carbocycles. The van der Waals surface area contributed by atoms with Gasteiger partial charge in [0.25, 0.3) is 11.5 Å². The molecular weight excluding hydrogens is 226 g/mol. The SMILES string of the molecule is CC(C)(CC(=O)O)NC(=O)c1ccc(=O)[nH]n1. The number of nitrogens with one attached hydrogen (secondary N) is 2. The molecule has 0 aromatic carbocycles. The van der Waals surface area contributed by atoms with Gasteiger partial charge in [0.1, 0.15) is 5.69 Å². The molecule has 0 bridgehead atoms. The summed E-state index contributed by atoms with van der Waals surface area (Å²) in [4.78, 5) is 33.0. The number of nitrogens with zero attached hydrogens (tertiary/aromatic N) is 1. The van der Waals surface area contributed by atoms with E-state index in [0.29, 0.717) is 0 Å². The first kappa shape index (κ1) is 12.9. The second-order valence-corrected chi connectivity index (χ2v) is 4.21. The molecule has 7 heteroatoms. The van der Waals surface area contributed by atoms with Gasteiger partial charge in [-0.2, -0.15) is 5.10 Å². The van der Waals surface area contributed by atoms with Gasteiger partial charge in [-0.05, 0) is 19.9 Å². The number of amides is 1. The van der Waals surface area contributed by atoms with E-state index in [2.05, 4.69) is 15.5 Å². The van der Waals surface area contributed by atoms with Crippen LogP contribution in [0.3, 0.4) is 0 Å². The van der Waals surface area contributed by atoms with E-state index in [1.807, 2.05) is 0 Å². The minimum atomic E-state index is -1.01. The van der Waals surface area contributed by atoms with Gasteiger partial charge >= 0.3 is 5.97 Å². The Morgan fingerprint density at radius 1 is 1.47 bits per heavy atom. The average molecular weight is 239 g/mol. The Morgan fingerprint density at radius 2 is 2.12 bits per heavy atom. The molecule has 1 amide bonds. The van der Waals surface area contributed by atoms with Crippen molar-refractivity contribution in [3.8, 4) is 0 Å². The standard InChI is InChI=1S/C10H13N3O4/c1-10(2,5-8(15)16)11-9(17)6-3-4-7(14)13-12-6/h3-4H,5H2,1-2H3,(H,11,17)(H,13,14)(H,15,16). The number of carbonyl (C=O) groups is 2. The molecule has 0 saturated carbocycles. The topological polar surface area (TPSA) is 112 Å². The first-order valence-electron chi connectivity index (χ1n) is 4.90. The molecule has 0 fully saturated rings. The second-order valence-electron chi connectivity index (χ2n) is 4.21. The van der Waals surface area contributed by atoms with E-state index in [9.17, 15) is 14.4 Å². The second kappa shape index (κ2) is 4.77. The fourth-order valence-corrected chi connectivity index (χ4v) is 1.26. The first-order valence-corrected chi connectivity index (χ1v) is 4.90. The van der Waals surface area contributed by atoms with Gasteiger partial charge in [-0.1, -0.05) is 0 Å².